The lowest BCUT2D eigenvalue weighted by molar-refractivity contribution is -0.136. The summed E-state index contributed by atoms with van der Waals surface area (Å²) in [6.45, 7) is 6.99. The molecule has 0 atom stereocenters. The third kappa shape index (κ3) is 5.09. The average Bonchev–Trinajstić information content (AvgIpc) is 2.54. The highest BCUT2D eigenvalue weighted by Gasteiger charge is 2.40. The smallest absolute Gasteiger partial charge is 0.228 e. The van der Waals surface area contributed by atoms with Crippen molar-refractivity contribution in [2.24, 2.45) is 5.41 Å². The third-order valence-corrected chi connectivity index (χ3v) is 5.00. The van der Waals surface area contributed by atoms with Crippen molar-refractivity contribution in [3.8, 4) is 0 Å². The van der Waals surface area contributed by atoms with E-state index in [1.807, 2.05) is 24.3 Å². The van der Waals surface area contributed by atoms with E-state index in [0.29, 0.717) is 13.2 Å². The Bertz CT molecular complexity index is 538. The highest BCUT2D eigenvalue weighted by Crippen LogP contribution is 2.30. The van der Waals surface area contributed by atoms with Gasteiger partial charge in [0.1, 0.15) is 0 Å². The predicted octanol–water partition coefficient (Wildman–Crippen LogP) is 3.17. The van der Waals surface area contributed by atoms with Crippen LogP contribution in [0.3, 0.4) is 0 Å². The monoisotopic (exact) mass is 374 g/mol. The van der Waals surface area contributed by atoms with Crippen molar-refractivity contribution in [1.29, 1.82) is 0 Å². The number of piperidine rings is 1. The lowest BCUT2D eigenvalue weighted by atomic mass is 9.78. The molecule has 1 aromatic rings. The summed E-state index contributed by atoms with van der Waals surface area (Å²) >= 11 is 6.09. The van der Waals surface area contributed by atoms with E-state index in [4.69, 9.17) is 16.3 Å². The number of carbonyl (C=O) groups excluding carboxylic acids is 1. The Morgan fingerprint density at radius 2 is 2.04 bits per heavy atom. The molecule has 1 aliphatic heterocycles. The largest absolute Gasteiger partial charge is 0.384 e. The molecule has 1 fully saturated rings. The van der Waals surface area contributed by atoms with Crippen molar-refractivity contribution < 1.29 is 9.53 Å². The number of hydrogen-bond acceptors (Lipinski definition) is 3. The van der Waals surface area contributed by atoms with E-state index in [-0.39, 0.29) is 23.7 Å². The van der Waals surface area contributed by atoms with Crippen molar-refractivity contribution in [1.82, 2.24) is 10.6 Å². The van der Waals surface area contributed by atoms with Crippen molar-refractivity contribution >= 4 is 29.9 Å². The number of rotatable bonds is 6. The molecule has 0 spiro atoms. The molecule has 24 heavy (non-hydrogen) atoms. The molecule has 6 heteroatoms. The summed E-state index contributed by atoms with van der Waals surface area (Å²) in [5.74, 6) is 0.0935. The molecule has 1 heterocycles. The minimum absolute atomic E-state index is 0. The minimum Gasteiger partial charge on any atom is -0.384 e. The quantitative estimate of drug-likeness (QED) is 0.803. The maximum atomic E-state index is 12.8. The number of amides is 1. The molecule has 0 radical (unpaired) electrons. The van der Waals surface area contributed by atoms with E-state index in [0.717, 1.165) is 36.5 Å². The van der Waals surface area contributed by atoms with E-state index >= 15 is 0 Å². The number of carbonyl (C=O) groups is 1. The Morgan fingerprint density at radius 1 is 1.38 bits per heavy atom. The average molecular weight is 375 g/mol. The summed E-state index contributed by atoms with van der Waals surface area (Å²) in [5, 5.41) is 7.17. The van der Waals surface area contributed by atoms with Crippen LogP contribution < -0.4 is 10.6 Å². The lowest BCUT2D eigenvalue weighted by Gasteiger charge is -2.37. The number of nitrogens with one attached hydrogen (secondary N) is 2. The first-order valence-corrected chi connectivity index (χ1v) is 8.51. The van der Waals surface area contributed by atoms with Crippen molar-refractivity contribution in [2.75, 3.05) is 33.4 Å². The first-order chi connectivity index (χ1) is 10.9. The maximum absolute atomic E-state index is 12.8. The van der Waals surface area contributed by atoms with Gasteiger partial charge in [-0.15, -0.1) is 12.4 Å². The molecular weight excluding hydrogens is 347 g/mol. The van der Waals surface area contributed by atoms with Gasteiger partial charge < -0.3 is 15.4 Å². The molecule has 1 saturated heterocycles. The number of methoxy groups -OCH3 is 1. The fourth-order valence-electron chi connectivity index (χ4n) is 3.12. The van der Waals surface area contributed by atoms with Gasteiger partial charge in [0, 0.05) is 24.1 Å². The van der Waals surface area contributed by atoms with Crippen LogP contribution in [-0.4, -0.2) is 39.3 Å². The molecule has 1 aliphatic rings. The van der Waals surface area contributed by atoms with Crippen molar-refractivity contribution in [3.63, 3.8) is 0 Å². The predicted molar refractivity (Wildman–Crippen MR) is 101 cm³/mol. The standard InChI is InChI=1S/C18H27ClN2O2.ClH/c1-17(2,14-5-4-6-15(19)11-14)12-21-16(22)18(13-23-3)7-9-20-10-8-18;/h4-6,11,20H,7-10,12-13H2,1-3H3,(H,21,22);1H. The molecule has 1 aromatic carbocycles. The Kier molecular flexibility index (Phi) is 8.00. The van der Waals surface area contributed by atoms with E-state index in [1.165, 1.54) is 0 Å². The van der Waals surface area contributed by atoms with Crippen LogP contribution in [0.1, 0.15) is 32.3 Å². The molecular formula is C18H28Cl2N2O2. The highest BCUT2D eigenvalue weighted by atomic mass is 35.5. The van der Waals surface area contributed by atoms with Gasteiger partial charge in [0.05, 0.1) is 12.0 Å². The van der Waals surface area contributed by atoms with E-state index in [2.05, 4.69) is 24.5 Å². The van der Waals surface area contributed by atoms with E-state index in [9.17, 15) is 4.79 Å². The molecule has 0 saturated carbocycles. The number of hydrogen-bond donors (Lipinski definition) is 2. The minimum atomic E-state index is -0.412. The maximum Gasteiger partial charge on any atom is 0.228 e. The van der Waals surface area contributed by atoms with Crippen LogP contribution in [0.5, 0.6) is 0 Å². The van der Waals surface area contributed by atoms with Gasteiger partial charge in [-0.2, -0.15) is 0 Å². The zero-order valence-corrected chi connectivity index (χ0v) is 16.2. The zero-order chi connectivity index (χ0) is 16.9. The molecule has 2 rings (SSSR count). The molecule has 136 valence electrons. The van der Waals surface area contributed by atoms with Gasteiger partial charge in [-0.05, 0) is 43.6 Å². The van der Waals surface area contributed by atoms with Crippen molar-refractivity contribution in [3.05, 3.63) is 34.9 Å². The first kappa shape index (κ1) is 21.2. The second kappa shape index (κ2) is 9.04. The Labute approximate surface area is 156 Å². The first-order valence-electron chi connectivity index (χ1n) is 8.14. The number of halogens is 2. The van der Waals surface area contributed by atoms with Crippen LogP contribution in [0.2, 0.25) is 5.02 Å². The van der Waals surface area contributed by atoms with Crippen LogP contribution in [0.4, 0.5) is 0 Å². The van der Waals surface area contributed by atoms with Gasteiger partial charge in [0.25, 0.3) is 0 Å². The molecule has 4 nitrogen and oxygen atoms in total. The van der Waals surface area contributed by atoms with E-state index in [1.54, 1.807) is 7.11 Å². The fourth-order valence-corrected chi connectivity index (χ4v) is 3.31. The summed E-state index contributed by atoms with van der Waals surface area (Å²) in [6.07, 6.45) is 1.62. The molecule has 0 bridgehead atoms. The molecule has 1 amide bonds. The second-order valence-corrected chi connectivity index (χ2v) is 7.48. The highest BCUT2D eigenvalue weighted by molar-refractivity contribution is 6.30. The molecule has 0 aromatic heterocycles. The molecule has 2 N–H and O–H groups in total. The van der Waals surface area contributed by atoms with Gasteiger partial charge in [-0.1, -0.05) is 37.6 Å². The topological polar surface area (TPSA) is 50.4 Å². The van der Waals surface area contributed by atoms with Crippen molar-refractivity contribution in [2.45, 2.75) is 32.1 Å². The normalized spacial score (nSPS) is 17.0. The van der Waals surface area contributed by atoms with Gasteiger partial charge in [0.15, 0.2) is 0 Å². The Morgan fingerprint density at radius 3 is 2.62 bits per heavy atom. The van der Waals surface area contributed by atoms with Crippen LogP contribution in [0.25, 0.3) is 0 Å². The lowest BCUT2D eigenvalue weighted by Crippen LogP contribution is -2.52. The van der Waals surface area contributed by atoms with Crippen LogP contribution in [0, 0.1) is 5.41 Å². The van der Waals surface area contributed by atoms with Crippen LogP contribution >= 0.6 is 24.0 Å². The zero-order valence-electron chi connectivity index (χ0n) is 14.7. The van der Waals surface area contributed by atoms with Gasteiger partial charge in [-0.3, -0.25) is 4.79 Å². The van der Waals surface area contributed by atoms with Gasteiger partial charge in [-0.25, -0.2) is 0 Å². The fraction of sp³-hybridized carbons (Fsp3) is 0.611. The summed E-state index contributed by atoms with van der Waals surface area (Å²) in [7, 11) is 1.66. The van der Waals surface area contributed by atoms with E-state index < -0.39 is 5.41 Å². The van der Waals surface area contributed by atoms with Crippen LogP contribution in [0.15, 0.2) is 24.3 Å². The Hall–Kier alpha value is -0.810. The number of ether oxygens (including phenoxy) is 1. The molecule has 0 aliphatic carbocycles. The van der Waals surface area contributed by atoms with Crippen LogP contribution in [-0.2, 0) is 14.9 Å². The summed E-state index contributed by atoms with van der Waals surface area (Å²) in [5.41, 5.74) is 0.531. The number of benzene rings is 1. The summed E-state index contributed by atoms with van der Waals surface area (Å²) in [6, 6.07) is 7.82. The van der Waals surface area contributed by atoms with Gasteiger partial charge >= 0.3 is 0 Å². The van der Waals surface area contributed by atoms with Gasteiger partial charge in [0.2, 0.25) is 5.91 Å². The SMILES string of the molecule is COCC1(C(=O)NCC(C)(C)c2cccc(Cl)c2)CCNCC1.Cl. The summed E-state index contributed by atoms with van der Waals surface area (Å²) < 4.78 is 5.33. The second-order valence-electron chi connectivity index (χ2n) is 7.04. The summed E-state index contributed by atoms with van der Waals surface area (Å²) in [4.78, 5) is 12.8. The molecule has 0 unspecified atom stereocenters. The third-order valence-electron chi connectivity index (χ3n) is 4.76. The Balaban J connectivity index is 0.00000288.